The van der Waals surface area contributed by atoms with E-state index < -0.39 is 90.4 Å². The molecule has 0 bridgehead atoms. The second kappa shape index (κ2) is 23.5. The van der Waals surface area contributed by atoms with Crippen molar-refractivity contribution in [2.45, 2.75) is 102 Å². The van der Waals surface area contributed by atoms with Crippen LogP contribution in [0.4, 0.5) is 22.4 Å². The molecule has 71 heavy (non-hydrogen) atoms. The van der Waals surface area contributed by atoms with Crippen LogP contribution in [0.1, 0.15) is 70.3 Å². The normalized spacial score (nSPS) is 16.4. The van der Waals surface area contributed by atoms with Gasteiger partial charge in [0.05, 0.1) is 55.4 Å². The minimum atomic E-state index is -4.83. The summed E-state index contributed by atoms with van der Waals surface area (Å²) in [5.41, 5.74) is 0.224. The van der Waals surface area contributed by atoms with Gasteiger partial charge in [-0.1, -0.05) is 35.3 Å². The van der Waals surface area contributed by atoms with Crippen molar-refractivity contribution in [1.29, 1.82) is 0 Å². The number of benzene rings is 3. The van der Waals surface area contributed by atoms with Crippen LogP contribution in [0.25, 0.3) is 11.3 Å². The van der Waals surface area contributed by atoms with Gasteiger partial charge in [0.2, 0.25) is 17.7 Å². The number of carbonyl (C=O) groups is 5. The number of carboxylic acid groups (broad SMARTS) is 1. The number of nitrogens with zero attached hydrogens (tertiary/aromatic N) is 5. The van der Waals surface area contributed by atoms with E-state index in [1.807, 2.05) is 11.6 Å². The van der Waals surface area contributed by atoms with Gasteiger partial charge in [0.25, 0.3) is 0 Å². The lowest BCUT2D eigenvalue weighted by atomic mass is 9.80. The summed E-state index contributed by atoms with van der Waals surface area (Å²) in [6.07, 6.45) is -5.81. The van der Waals surface area contributed by atoms with E-state index in [1.54, 1.807) is 82.5 Å². The topological polar surface area (TPSA) is 196 Å². The van der Waals surface area contributed by atoms with Crippen LogP contribution in [-0.4, -0.2) is 127 Å². The number of alkyl halides is 3. The van der Waals surface area contributed by atoms with Crippen LogP contribution in [0.3, 0.4) is 0 Å². The number of imidazole rings is 1. The van der Waals surface area contributed by atoms with Crippen LogP contribution in [0.5, 0.6) is 11.5 Å². The van der Waals surface area contributed by atoms with E-state index in [4.69, 9.17) is 32.7 Å². The van der Waals surface area contributed by atoms with Gasteiger partial charge in [0, 0.05) is 61.9 Å². The molecular weight excluding hydrogens is 977 g/mol. The largest absolute Gasteiger partial charge is 0.481 e. The SMILES string of the molecule is CC(NCc1c(F)cc(Cl)cc1Oc1ccc(-c2cnc(CN(C)C(=O)OC(C)(C)C)n2C)cc1)C(=O)NC(CO)C(=O)N(C)C1(Cc2ccc(Cl)cc2)CCCN(C(=O)C(CC(=O)O)CC(F)(F)F)C1. The van der Waals surface area contributed by atoms with Crippen LogP contribution < -0.4 is 15.4 Å². The smallest absolute Gasteiger partial charge is 0.410 e. The number of ether oxygens (including phenoxy) is 2. The highest BCUT2D eigenvalue weighted by atomic mass is 35.5. The number of rotatable bonds is 19. The number of carbonyl (C=O) groups excluding carboxylic acids is 4. The monoisotopic (exact) mass is 1040 g/mol. The summed E-state index contributed by atoms with van der Waals surface area (Å²) in [6, 6.07) is 13.3. The number of hydrogen-bond donors (Lipinski definition) is 4. The molecule has 1 saturated heterocycles. The van der Waals surface area contributed by atoms with E-state index >= 15 is 4.39 Å². The Labute approximate surface area is 419 Å². The second-order valence-electron chi connectivity index (χ2n) is 18.7. The maximum atomic E-state index is 15.6. The highest BCUT2D eigenvalue weighted by Crippen LogP contribution is 2.36. The van der Waals surface area contributed by atoms with Gasteiger partial charge in [-0.2, -0.15) is 13.2 Å². The van der Waals surface area contributed by atoms with E-state index in [0.717, 1.165) is 22.2 Å². The van der Waals surface area contributed by atoms with Crippen LogP contribution in [0, 0.1) is 11.7 Å². The molecule has 4 unspecified atom stereocenters. The maximum Gasteiger partial charge on any atom is 0.410 e. The fraction of sp³-hybridized carbons (Fsp3) is 0.469. The zero-order chi connectivity index (χ0) is 52.6. The van der Waals surface area contributed by atoms with Gasteiger partial charge >= 0.3 is 18.2 Å². The fourth-order valence-electron chi connectivity index (χ4n) is 8.25. The second-order valence-corrected chi connectivity index (χ2v) is 19.6. The number of piperidine rings is 1. The molecule has 1 aliphatic heterocycles. The Kier molecular flexibility index (Phi) is 18.5. The summed E-state index contributed by atoms with van der Waals surface area (Å²) in [6.45, 7) is 5.57. The first-order valence-corrected chi connectivity index (χ1v) is 23.4. The minimum absolute atomic E-state index is 0.000130. The van der Waals surface area contributed by atoms with E-state index in [1.165, 1.54) is 29.8 Å². The van der Waals surface area contributed by atoms with Crippen LogP contribution >= 0.6 is 23.2 Å². The summed E-state index contributed by atoms with van der Waals surface area (Å²) < 4.78 is 69.6. The first kappa shape index (κ1) is 56.0. The van der Waals surface area contributed by atoms with Crippen molar-refractivity contribution >= 4 is 53.0 Å². The summed E-state index contributed by atoms with van der Waals surface area (Å²) in [5.74, 6) is -5.83. The Hall–Kier alpha value is -5.96. The molecule has 16 nitrogen and oxygen atoms in total. The molecule has 386 valence electrons. The summed E-state index contributed by atoms with van der Waals surface area (Å²) in [7, 11) is 4.83. The van der Waals surface area contributed by atoms with Gasteiger partial charge in [0.15, 0.2) is 0 Å². The molecular formula is C49H59Cl2F4N7O9. The Morgan fingerprint density at radius 1 is 0.986 bits per heavy atom. The molecule has 4 amide bonds. The zero-order valence-electron chi connectivity index (χ0n) is 40.4. The molecule has 1 fully saturated rings. The van der Waals surface area contributed by atoms with Crippen LogP contribution in [0.15, 0.2) is 66.9 Å². The molecule has 4 N–H and O–H groups in total. The predicted molar refractivity (Wildman–Crippen MR) is 256 cm³/mol. The van der Waals surface area contributed by atoms with Crippen molar-refractivity contribution in [3.8, 4) is 22.8 Å². The molecule has 1 aliphatic rings. The molecule has 0 radical (unpaired) electrons. The average Bonchev–Trinajstić information content (AvgIpc) is 3.65. The number of aliphatic carboxylic acids is 1. The first-order valence-electron chi connectivity index (χ1n) is 22.6. The number of halogens is 6. The number of likely N-dealkylation sites (tertiary alicyclic amines) is 1. The number of aliphatic hydroxyl groups excluding tert-OH is 1. The summed E-state index contributed by atoms with van der Waals surface area (Å²) >= 11 is 12.4. The highest BCUT2D eigenvalue weighted by Gasteiger charge is 2.46. The van der Waals surface area contributed by atoms with Gasteiger partial charge in [-0.3, -0.25) is 19.2 Å². The molecule has 3 aromatic carbocycles. The van der Waals surface area contributed by atoms with Crippen LogP contribution in [0.2, 0.25) is 10.0 Å². The van der Waals surface area contributed by atoms with Gasteiger partial charge < -0.3 is 49.6 Å². The number of amides is 4. The fourth-order valence-corrected chi connectivity index (χ4v) is 8.58. The summed E-state index contributed by atoms with van der Waals surface area (Å²) in [4.78, 5) is 74.0. The van der Waals surface area contributed by atoms with Gasteiger partial charge in [-0.25, -0.2) is 14.2 Å². The Morgan fingerprint density at radius 2 is 1.65 bits per heavy atom. The zero-order valence-corrected chi connectivity index (χ0v) is 41.9. The third-order valence-corrected chi connectivity index (χ3v) is 12.5. The highest BCUT2D eigenvalue weighted by molar-refractivity contribution is 6.31. The molecule has 4 atom stereocenters. The van der Waals surface area contributed by atoms with Crippen LogP contribution in [-0.2, 0) is 50.5 Å². The number of carboxylic acids is 1. The first-order chi connectivity index (χ1) is 33.2. The standard InChI is InChI=1S/C49H59Cl2F4N7O9/c1-29(56-24-36-37(52)20-34(51)21-40(36)70-35-15-11-31(12-16-35)39-25-57-41(60(39)6)26-59(5)46(69)71-47(2,3)4)43(66)58-38(27-63)45(68)61(7)48(22-30-9-13-33(50)14-10-30)17-8-18-62(28-48)44(67)32(19-42(64)65)23-49(53,54)55/h9-16,20-21,25,29,32,38,56,63H,8,17-19,22-24,26-28H2,1-7H3,(H,58,66)(H,64,65). The number of likely N-dealkylation sites (N-methyl/N-ethyl adjacent to an activating group) is 1. The van der Waals surface area contributed by atoms with Gasteiger partial charge in [0.1, 0.15) is 34.8 Å². The molecule has 2 heterocycles. The quantitative estimate of drug-likeness (QED) is 0.0671. The molecule has 4 aromatic rings. The van der Waals surface area contributed by atoms with Gasteiger partial charge in [-0.15, -0.1) is 0 Å². The van der Waals surface area contributed by atoms with Crippen molar-refractivity contribution in [3.63, 3.8) is 0 Å². The molecule has 0 spiro atoms. The van der Waals surface area contributed by atoms with E-state index in [2.05, 4.69) is 15.6 Å². The Balaban J connectivity index is 1.27. The molecule has 5 rings (SSSR count). The lowest BCUT2D eigenvalue weighted by Gasteiger charge is -2.49. The van der Waals surface area contributed by atoms with E-state index in [9.17, 15) is 47.4 Å². The minimum Gasteiger partial charge on any atom is -0.481 e. The van der Waals surface area contributed by atoms with Crippen molar-refractivity contribution in [1.82, 2.24) is 34.9 Å². The molecule has 0 saturated carbocycles. The molecule has 1 aromatic heterocycles. The predicted octanol–water partition coefficient (Wildman–Crippen LogP) is 7.75. The number of hydrogen-bond acceptors (Lipinski definition) is 10. The van der Waals surface area contributed by atoms with E-state index in [0.29, 0.717) is 22.2 Å². The van der Waals surface area contributed by atoms with Crippen molar-refractivity contribution in [2.75, 3.05) is 33.8 Å². The third kappa shape index (κ3) is 15.3. The maximum absolute atomic E-state index is 15.6. The average molecular weight is 1040 g/mol. The molecule has 22 heteroatoms. The Bertz CT molecular complexity index is 2540. The van der Waals surface area contributed by atoms with E-state index in [-0.39, 0.29) is 61.8 Å². The third-order valence-electron chi connectivity index (χ3n) is 12.0. The number of aromatic nitrogens is 2. The van der Waals surface area contributed by atoms with Crippen molar-refractivity contribution in [2.24, 2.45) is 13.0 Å². The lowest BCUT2D eigenvalue weighted by Crippen LogP contribution is -2.65. The number of nitrogens with one attached hydrogen (secondary N) is 2. The van der Waals surface area contributed by atoms with Crippen molar-refractivity contribution < 1.29 is 61.2 Å². The number of aliphatic hydroxyl groups is 1. The van der Waals surface area contributed by atoms with Crippen molar-refractivity contribution in [3.05, 3.63) is 99.7 Å². The van der Waals surface area contributed by atoms with Gasteiger partial charge in [-0.05, 0) is 101 Å². The molecule has 0 aliphatic carbocycles. The summed E-state index contributed by atoms with van der Waals surface area (Å²) in [5, 5.41) is 25.8. The Morgan fingerprint density at radius 3 is 2.25 bits per heavy atom. The lowest BCUT2D eigenvalue weighted by molar-refractivity contribution is -0.166.